The first-order valence-electron chi connectivity index (χ1n) is 6.99. The first-order chi connectivity index (χ1) is 9.02. The lowest BCUT2D eigenvalue weighted by Crippen LogP contribution is -2.52. The van der Waals surface area contributed by atoms with Gasteiger partial charge in [-0.1, -0.05) is 6.92 Å². The predicted octanol–water partition coefficient (Wildman–Crippen LogP) is 2.62. The van der Waals surface area contributed by atoms with E-state index in [0.29, 0.717) is 11.6 Å². The smallest absolute Gasteiger partial charge is 0.123 e. The second-order valence-corrected chi connectivity index (χ2v) is 5.35. The highest BCUT2D eigenvalue weighted by Gasteiger charge is 2.27. The van der Waals surface area contributed by atoms with Gasteiger partial charge in [0.1, 0.15) is 11.6 Å². The Bertz CT molecular complexity index is 438. The zero-order chi connectivity index (χ0) is 14.0. The molecule has 1 aliphatic heterocycles. The summed E-state index contributed by atoms with van der Waals surface area (Å²) >= 11 is 0. The molecule has 19 heavy (non-hydrogen) atoms. The Morgan fingerprint density at radius 2 is 2.16 bits per heavy atom. The number of phenols is 1. The van der Waals surface area contributed by atoms with Crippen LogP contribution in [0.3, 0.4) is 0 Å². The van der Waals surface area contributed by atoms with Crippen LogP contribution in [0.15, 0.2) is 18.2 Å². The molecule has 1 saturated heterocycles. The SMILES string of the molecule is CCN1CCN(C(C)c2cc(F)ccc2O)CC1C. The molecule has 1 aliphatic rings. The molecular weight excluding hydrogens is 243 g/mol. The van der Waals surface area contributed by atoms with E-state index in [0.717, 1.165) is 26.2 Å². The third-order valence-corrected chi connectivity index (χ3v) is 4.19. The number of nitrogens with zero attached hydrogens (tertiary/aromatic N) is 2. The summed E-state index contributed by atoms with van der Waals surface area (Å²) in [6.07, 6.45) is 0. The summed E-state index contributed by atoms with van der Waals surface area (Å²) < 4.78 is 13.3. The van der Waals surface area contributed by atoms with E-state index in [1.54, 1.807) is 0 Å². The molecule has 0 saturated carbocycles. The van der Waals surface area contributed by atoms with E-state index < -0.39 is 0 Å². The lowest BCUT2D eigenvalue weighted by atomic mass is 10.0. The van der Waals surface area contributed by atoms with Gasteiger partial charge >= 0.3 is 0 Å². The van der Waals surface area contributed by atoms with Gasteiger partial charge in [-0.2, -0.15) is 0 Å². The minimum Gasteiger partial charge on any atom is -0.508 e. The fourth-order valence-corrected chi connectivity index (χ4v) is 2.90. The van der Waals surface area contributed by atoms with E-state index >= 15 is 0 Å². The summed E-state index contributed by atoms with van der Waals surface area (Å²) in [5.74, 6) is -0.112. The number of benzene rings is 1. The van der Waals surface area contributed by atoms with Gasteiger partial charge in [-0.25, -0.2) is 4.39 Å². The Labute approximate surface area is 114 Å². The number of aromatic hydroxyl groups is 1. The van der Waals surface area contributed by atoms with Gasteiger partial charge in [-0.3, -0.25) is 9.80 Å². The zero-order valence-corrected chi connectivity index (χ0v) is 11.9. The van der Waals surface area contributed by atoms with Crippen molar-refractivity contribution >= 4 is 0 Å². The fraction of sp³-hybridized carbons (Fsp3) is 0.600. The van der Waals surface area contributed by atoms with Crippen molar-refractivity contribution in [1.82, 2.24) is 9.80 Å². The van der Waals surface area contributed by atoms with Crippen molar-refractivity contribution in [1.29, 1.82) is 0 Å². The number of phenolic OH excluding ortho intramolecular Hbond substituents is 1. The summed E-state index contributed by atoms with van der Waals surface area (Å²) in [5.41, 5.74) is 0.678. The number of piperazine rings is 1. The standard InChI is InChI=1S/C15H23FN2O/c1-4-17-7-8-18(10-11(17)2)12(3)14-9-13(16)5-6-15(14)19/h5-6,9,11-12,19H,4,7-8,10H2,1-3H3. The van der Waals surface area contributed by atoms with E-state index in [-0.39, 0.29) is 17.6 Å². The van der Waals surface area contributed by atoms with Crippen molar-refractivity contribution in [3.63, 3.8) is 0 Å². The minimum atomic E-state index is -0.292. The van der Waals surface area contributed by atoms with E-state index in [1.165, 1.54) is 18.2 Å². The maximum atomic E-state index is 13.3. The molecule has 2 atom stereocenters. The molecule has 3 nitrogen and oxygen atoms in total. The quantitative estimate of drug-likeness (QED) is 0.911. The molecule has 1 aromatic carbocycles. The lowest BCUT2D eigenvalue weighted by Gasteiger charge is -2.42. The van der Waals surface area contributed by atoms with Gasteiger partial charge in [-0.05, 0) is 38.6 Å². The summed E-state index contributed by atoms with van der Waals surface area (Å²) in [5, 5.41) is 9.90. The Hall–Kier alpha value is -1.13. The molecule has 0 aliphatic carbocycles. The first-order valence-corrected chi connectivity index (χ1v) is 6.99. The highest BCUT2D eigenvalue weighted by molar-refractivity contribution is 5.35. The molecule has 0 bridgehead atoms. The lowest BCUT2D eigenvalue weighted by molar-refractivity contribution is 0.0628. The third-order valence-electron chi connectivity index (χ3n) is 4.19. The molecule has 0 aromatic heterocycles. The van der Waals surface area contributed by atoms with Crippen molar-refractivity contribution < 1.29 is 9.50 Å². The topological polar surface area (TPSA) is 26.7 Å². The number of rotatable bonds is 3. The number of hydrogen-bond acceptors (Lipinski definition) is 3. The monoisotopic (exact) mass is 266 g/mol. The predicted molar refractivity (Wildman–Crippen MR) is 74.8 cm³/mol. The van der Waals surface area contributed by atoms with Crippen LogP contribution in [0.25, 0.3) is 0 Å². The largest absolute Gasteiger partial charge is 0.508 e. The summed E-state index contributed by atoms with van der Waals surface area (Å²) in [4.78, 5) is 4.75. The van der Waals surface area contributed by atoms with Crippen LogP contribution in [0.1, 0.15) is 32.4 Å². The number of hydrogen-bond donors (Lipinski definition) is 1. The molecule has 106 valence electrons. The molecule has 2 rings (SSSR count). The summed E-state index contributed by atoms with van der Waals surface area (Å²) in [6.45, 7) is 10.4. The van der Waals surface area contributed by atoms with Gasteiger partial charge < -0.3 is 5.11 Å². The van der Waals surface area contributed by atoms with Crippen molar-refractivity contribution in [2.24, 2.45) is 0 Å². The van der Waals surface area contributed by atoms with Crippen molar-refractivity contribution in [3.05, 3.63) is 29.6 Å². The third kappa shape index (κ3) is 3.07. The maximum absolute atomic E-state index is 13.3. The van der Waals surface area contributed by atoms with Gasteiger partial charge in [0, 0.05) is 37.3 Å². The van der Waals surface area contributed by atoms with Gasteiger partial charge in [0.25, 0.3) is 0 Å². The second kappa shape index (κ2) is 5.88. The zero-order valence-electron chi connectivity index (χ0n) is 11.9. The first kappa shape index (κ1) is 14.3. The molecule has 0 spiro atoms. The van der Waals surface area contributed by atoms with Crippen LogP contribution < -0.4 is 0 Å². The molecule has 1 heterocycles. The Morgan fingerprint density at radius 1 is 1.42 bits per heavy atom. The molecule has 1 N–H and O–H groups in total. The van der Waals surface area contributed by atoms with Gasteiger partial charge in [0.05, 0.1) is 0 Å². The van der Waals surface area contributed by atoms with Crippen molar-refractivity contribution in [2.75, 3.05) is 26.2 Å². The van der Waals surface area contributed by atoms with E-state index in [4.69, 9.17) is 0 Å². The fourth-order valence-electron chi connectivity index (χ4n) is 2.90. The van der Waals surface area contributed by atoms with Crippen LogP contribution in [0.4, 0.5) is 4.39 Å². The van der Waals surface area contributed by atoms with Crippen LogP contribution in [0.2, 0.25) is 0 Å². The normalized spacial score (nSPS) is 23.5. The molecular formula is C15H23FN2O. The highest BCUT2D eigenvalue weighted by Crippen LogP contribution is 2.30. The number of halogens is 1. The van der Waals surface area contributed by atoms with Gasteiger partial charge in [-0.15, -0.1) is 0 Å². The van der Waals surface area contributed by atoms with Gasteiger partial charge in [0.15, 0.2) is 0 Å². The van der Waals surface area contributed by atoms with Crippen LogP contribution in [-0.4, -0.2) is 47.1 Å². The van der Waals surface area contributed by atoms with Gasteiger partial charge in [0.2, 0.25) is 0 Å². The average Bonchev–Trinajstić information content (AvgIpc) is 2.40. The van der Waals surface area contributed by atoms with Crippen LogP contribution in [0, 0.1) is 5.82 Å². The maximum Gasteiger partial charge on any atom is 0.123 e. The summed E-state index contributed by atoms with van der Waals surface area (Å²) in [7, 11) is 0. The molecule has 1 aromatic rings. The summed E-state index contributed by atoms with van der Waals surface area (Å²) in [6, 6.07) is 4.71. The Morgan fingerprint density at radius 3 is 2.79 bits per heavy atom. The number of likely N-dealkylation sites (N-methyl/N-ethyl adjacent to an activating group) is 1. The van der Waals surface area contributed by atoms with Crippen LogP contribution in [-0.2, 0) is 0 Å². The molecule has 1 fully saturated rings. The highest BCUT2D eigenvalue weighted by atomic mass is 19.1. The van der Waals surface area contributed by atoms with Crippen LogP contribution in [0.5, 0.6) is 5.75 Å². The van der Waals surface area contributed by atoms with Crippen molar-refractivity contribution in [3.8, 4) is 5.75 Å². The second-order valence-electron chi connectivity index (χ2n) is 5.35. The van der Waals surface area contributed by atoms with E-state index in [9.17, 15) is 9.50 Å². The Kier molecular flexibility index (Phi) is 4.42. The average molecular weight is 266 g/mol. The van der Waals surface area contributed by atoms with Crippen molar-refractivity contribution in [2.45, 2.75) is 32.9 Å². The van der Waals surface area contributed by atoms with E-state index in [1.807, 2.05) is 6.92 Å². The molecule has 4 heteroatoms. The van der Waals surface area contributed by atoms with Crippen LogP contribution >= 0.6 is 0 Å². The molecule has 0 radical (unpaired) electrons. The molecule has 2 unspecified atom stereocenters. The minimum absolute atomic E-state index is 0.0390. The van der Waals surface area contributed by atoms with E-state index in [2.05, 4.69) is 23.6 Å². The Balaban J connectivity index is 2.12. The molecule has 0 amide bonds.